The number of pyridine rings is 2. The SMILES string of the molecule is O=C(c1cc2c(cn1)c(Nc1ccc(F)cn1)nn2CC(F)(F)F)N1C2CCC1CC(O)C2. The molecule has 174 valence electrons. The number of aliphatic hydroxyl groups is 1. The van der Waals surface area contributed by atoms with Gasteiger partial charge in [-0.15, -0.1) is 0 Å². The minimum Gasteiger partial charge on any atom is -0.393 e. The van der Waals surface area contributed by atoms with Crippen LogP contribution in [0.2, 0.25) is 0 Å². The molecular weight excluding hydrogens is 444 g/mol. The van der Waals surface area contributed by atoms with Gasteiger partial charge in [0.25, 0.3) is 5.91 Å². The lowest BCUT2D eigenvalue weighted by molar-refractivity contribution is -0.141. The number of carbonyl (C=O) groups excluding carboxylic acids is 1. The Balaban J connectivity index is 1.51. The van der Waals surface area contributed by atoms with Crippen LogP contribution in [-0.2, 0) is 6.54 Å². The van der Waals surface area contributed by atoms with Crippen LogP contribution in [0, 0.1) is 5.82 Å². The van der Waals surface area contributed by atoms with Gasteiger partial charge in [-0.05, 0) is 43.9 Å². The first-order valence-corrected chi connectivity index (χ1v) is 10.5. The number of nitrogens with zero attached hydrogens (tertiary/aromatic N) is 5. The fourth-order valence-corrected chi connectivity index (χ4v) is 4.75. The van der Waals surface area contributed by atoms with Crippen molar-refractivity contribution in [3.05, 3.63) is 42.1 Å². The zero-order chi connectivity index (χ0) is 23.3. The van der Waals surface area contributed by atoms with E-state index in [0.717, 1.165) is 29.8 Å². The number of nitrogens with one attached hydrogen (secondary N) is 1. The minimum atomic E-state index is -4.54. The summed E-state index contributed by atoms with van der Waals surface area (Å²) < 4.78 is 53.5. The number of rotatable bonds is 4. The Labute approximate surface area is 185 Å². The predicted molar refractivity (Wildman–Crippen MR) is 109 cm³/mol. The third-order valence-corrected chi connectivity index (χ3v) is 6.10. The van der Waals surface area contributed by atoms with E-state index in [4.69, 9.17) is 0 Å². The summed E-state index contributed by atoms with van der Waals surface area (Å²) in [7, 11) is 0. The number of alkyl halides is 3. The van der Waals surface area contributed by atoms with Crippen molar-refractivity contribution < 1.29 is 27.5 Å². The average molecular weight is 464 g/mol. The van der Waals surface area contributed by atoms with Crippen LogP contribution in [-0.4, -0.2) is 60.0 Å². The van der Waals surface area contributed by atoms with Crippen molar-refractivity contribution in [2.24, 2.45) is 0 Å². The first kappa shape index (κ1) is 21.6. The Morgan fingerprint density at radius 2 is 1.88 bits per heavy atom. The maximum absolute atomic E-state index is 13.2. The number of halogens is 4. The maximum atomic E-state index is 13.2. The van der Waals surface area contributed by atoms with Gasteiger partial charge in [-0.2, -0.15) is 18.3 Å². The molecule has 2 aliphatic rings. The Bertz CT molecular complexity index is 1180. The van der Waals surface area contributed by atoms with Crippen molar-refractivity contribution in [3.63, 3.8) is 0 Å². The van der Waals surface area contributed by atoms with Gasteiger partial charge in [0.1, 0.15) is 23.9 Å². The Morgan fingerprint density at radius 3 is 2.52 bits per heavy atom. The van der Waals surface area contributed by atoms with Gasteiger partial charge in [-0.3, -0.25) is 14.5 Å². The number of hydrogen-bond acceptors (Lipinski definition) is 6. The largest absolute Gasteiger partial charge is 0.408 e. The average Bonchev–Trinajstić information content (AvgIpc) is 3.22. The van der Waals surface area contributed by atoms with E-state index in [1.807, 2.05) is 0 Å². The highest BCUT2D eigenvalue weighted by molar-refractivity contribution is 5.99. The molecule has 0 saturated carbocycles. The normalized spacial score (nSPS) is 22.7. The summed E-state index contributed by atoms with van der Waals surface area (Å²) in [6.07, 6.45) is -0.208. The number of piperidine rings is 1. The van der Waals surface area contributed by atoms with Crippen LogP contribution in [0.25, 0.3) is 10.9 Å². The highest BCUT2D eigenvalue weighted by atomic mass is 19.4. The summed E-state index contributed by atoms with van der Waals surface area (Å²) in [6.45, 7) is -1.36. The molecule has 33 heavy (non-hydrogen) atoms. The number of aliphatic hydroxyl groups excluding tert-OH is 1. The van der Waals surface area contributed by atoms with Crippen LogP contribution in [0.1, 0.15) is 36.2 Å². The number of hydrogen-bond donors (Lipinski definition) is 2. The number of fused-ring (bicyclic) bond motifs is 3. The van der Waals surface area contributed by atoms with Crippen molar-refractivity contribution in [1.29, 1.82) is 0 Å². The van der Waals surface area contributed by atoms with Crippen LogP contribution in [0.3, 0.4) is 0 Å². The molecular formula is C21H20F4N6O2. The summed E-state index contributed by atoms with van der Waals surface area (Å²) in [4.78, 5) is 23.0. The van der Waals surface area contributed by atoms with Gasteiger partial charge in [0, 0.05) is 18.3 Å². The molecule has 2 bridgehead atoms. The summed E-state index contributed by atoms with van der Waals surface area (Å²) >= 11 is 0. The predicted octanol–water partition coefficient (Wildman–Crippen LogP) is 3.40. The molecule has 12 heteroatoms. The summed E-state index contributed by atoms with van der Waals surface area (Å²) in [5, 5.41) is 17.0. The number of amides is 1. The van der Waals surface area contributed by atoms with Gasteiger partial charge in [0.05, 0.1) is 23.2 Å². The highest BCUT2D eigenvalue weighted by Crippen LogP contribution is 2.37. The molecule has 8 nitrogen and oxygen atoms in total. The van der Waals surface area contributed by atoms with Crippen molar-refractivity contribution in [1.82, 2.24) is 24.6 Å². The van der Waals surface area contributed by atoms with E-state index >= 15 is 0 Å². The molecule has 3 aromatic rings. The third kappa shape index (κ3) is 4.22. The smallest absolute Gasteiger partial charge is 0.393 e. The molecule has 2 saturated heterocycles. The van der Waals surface area contributed by atoms with Gasteiger partial charge >= 0.3 is 6.18 Å². The van der Waals surface area contributed by atoms with Crippen molar-refractivity contribution >= 4 is 28.4 Å². The fraction of sp³-hybridized carbons (Fsp3) is 0.429. The van der Waals surface area contributed by atoms with Gasteiger partial charge < -0.3 is 15.3 Å². The van der Waals surface area contributed by atoms with E-state index in [9.17, 15) is 27.5 Å². The molecule has 0 aliphatic carbocycles. The van der Waals surface area contributed by atoms with E-state index in [2.05, 4.69) is 20.4 Å². The van der Waals surface area contributed by atoms with Crippen LogP contribution in [0.15, 0.2) is 30.6 Å². The van der Waals surface area contributed by atoms with Gasteiger partial charge in [0.2, 0.25) is 0 Å². The Morgan fingerprint density at radius 1 is 1.15 bits per heavy atom. The van der Waals surface area contributed by atoms with E-state index in [-0.39, 0.29) is 46.2 Å². The fourth-order valence-electron chi connectivity index (χ4n) is 4.75. The summed E-state index contributed by atoms with van der Waals surface area (Å²) in [5.41, 5.74) is 0.102. The second kappa shape index (κ2) is 7.94. The molecule has 2 atom stereocenters. The minimum absolute atomic E-state index is 0.0190. The lowest BCUT2D eigenvalue weighted by Crippen LogP contribution is -2.48. The van der Waals surface area contributed by atoms with Crippen molar-refractivity contribution in [2.75, 3.05) is 5.32 Å². The summed E-state index contributed by atoms with van der Waals surface area (Å²) in [6, 6.07) is 3.58. The second-order valence-electron chi connectivity index (χ2n) is 8.42. The molecule has 2 aliphatic heterocycles. The van der Waals surface area contributed by atoms with E-state index in [1.165, 1.54) is 18.3 Å². The topological polar surface area (TPSA) is 96.2 Å². The van der Waals surface area contributed by atoms with Gasteiger partial charge in [0.15, 0.2) is 5.82 Å². The molecule has 2 N–H and O–H groups in total. The van der Waals surface area contributed by atoms with E-state index in [0.29, 0.717) is 12.8 Å². The number of anilines is 2. The highest BCUT2D eigenvalue weighted by Gasteiger charge is 2.43. The van der Waals surface area contributed by atoms with Crippen LogP contribution < -0.4 is 5.32 Å². The first-order valence-electron chi connectivity index (χ1n) is 10.5. The molecule has 3 aromatic heterocycles. The first-order chi connectivity index (χ1) is 15.7. The van der Waals surface area contributed by atoms with Crippen LogP contribution >= 0.6 is 0 Å². The molecule has 0 spiro atoms. The quantitative estimate of drug-likeness (QED) is 0.575. The summed E-state index contributed by atoms with van der Waals surface area (Å²) in [5.74, 6) is -0.678. The third-order valence-electron chi connectivity index (χ3n) is 6.10. The van der Waals surface area contributed by atoms with Gasteiger partial charge in [-0.1, -0.05) is 0 Å². The van der Waals surface area contributed by atoms with Crippen molar-refractivity contribution in [3.8, 4) is 0 Å². The van der Waals surface area contributed by atoms with E-state index in [1.54, 1.807) is 4.90 Å². The standard InChI is InChI=1S/C21H20F4N6O2/c22-11-1-4-18(27-8-11)28-19-15-9-26-16(7-17(15)30(29-19)10-21(23,24)25)20(33)31-12-2-3-13(31)6-14(32)5-12/h1,4,7-9,12-14,32H,2-3,5-6,10H2,(H,27,28,29). The maximum Gasteiger partial charge on any atom is 0.408 e. The molecule has 2 unspecified atom stereocenters. The zero-order valence-corrected chi connectivity index (χ0v) is 17.3. The molecule has 0 aromatic carbocycles. The second-order valence-corrected chi connectivity index (χ2v) is 8.42. The lowest BCUT2D eigenvalue weighted by Gasteiger charge is -2.37. The molecule has 5 heterocycles. The number of carbonyl (C=O) groups is 1. The molecule has 0 radical (unpaired) electrons. The monoisotopic (exact) mass is 464 g/mol. The number of aromatic nitrogens is 4. The Hall–Kier alpha value is -3.28. The zero-order valence-electron chi connectivity index (χ0n) is 17.3. The molecule has 2 fully saturated rings. The molecule has 5 rings (SSSR count). The Kier molecular flexibility index (Phi) is 5.19. The van der Waals surface area contributed by atoms with Crippen LogP contribution in [0.5, 0.6) is 0 Å². The van der Waals surface area contributed by atoms with Gasteiger partial charge in [-0.25, -0.2) is 9.37 Å². The molecule has 1 amide bonds. The lowest BCUT2D eigenvalue weighted by atomic mass is 9.99. The van der Waals surface area contributed by atoms with E-state index < -0.39 is 24.6 Å². The van der Waals surface area contributed by atoms with Crippen LogP contribution in [0.4, 0.5) is 29.2 Å². The van der Waals surface area contributed by atoms with Crippen molar-refractivity contribution in [2.45, 2.75) is 56.6 Å².